The van der Waals surface area contributed by atoms with Crippen molar-refractivity contribution in [3.63, 3.8) is 0 Å². The summed E-state index contributed by atoms with van der Waals surface area (Å²) in [7, 11) is -3.97. The van der Waals surface area contributed by atoms with E-state index in [0.29, 0.717) is 24.1 Å². The van der Waals surface area contributed by atoms with E-state index >= 15 is 0 Å². The van der Waals surface area contributed by atoms with Gasteiger partial charge < -0.3 is 15.2 Å². The molecule has 0 spiro atoms. The highest BCUT2D eigenvalue weighted by Gasteiger charge is 2.56. The Kier molecular flexibility index (Phi) is 5.78. The highest BCUT2D eigenvalue weighted by Crippen LogP contribution is 2.57. The molecule has 156 valence electrons. The number of fused-ring (bicyclic) bond motifs is 1. The van der Waals surface area contributed by atoms with E-state index in [1.54, 1.807) is 10.9 Å². The van der Waals surface area contributed by atoms with E-state index in [1.807, 2.05) is 34.6 Å². The number of hydrogen-bond donors (Lipinski definition) is 2. The molecule has 0 radical (unpaired) electrons. The van der Waals surface area contributed by atoms with Crippen LogP contribution in [-0.2, 0) is 20.7 Å². The zero-order valence-electron chi connectivity index (χ0n) is 16.7. The summed E-state index contributed by atoms with van der Waals surface area (Å²) >= 11 is 6.07. The van der Waals surface area contributed by atoms with Crippen molar-refractivity contribution < 1.29 is 19.0 Å². The second kappa shape index (κ2) is 7.54. The fourth-order valence-corrected chi connectivity index (χ4v) is 5.93. The average molecular weight is 432 g/mol. The van der Waals surface area contributed by atoms with Gasteiger partial charge in [0.2, 0.25) is 5.95 Å². The van der Waals surface area contributed by atoms with Gasteiger partial charge in [0.1, 0.15) is 11.1 Å². The van der Waals surface area contributed by atoms with Crippen LogP contribution in [-0.4, -0.2) is 35.7 Å². The molecule has 0 amide bonds. The monoisotopic (exact) mass is 431 g/mol. The lowest BCUT2D eigenvalue weighted by Gasteiger charge is -2.29. The standard InChI is InChI=1S/C17H27ClN5O4P/c1-9(2)13(10(3)4)28(24,25)27-26-17(6-11(17)5)7-23-8-20-12-14(18)21-16(19)22-15(12)23/h8-11,13H,6-7H2,1-5H3,(H,24,25)(H2,19,21,22). The number of halogens is 1. The molecule has 3 atom stereocenters. The summed E-state index contributed by atoms with van der Waals surface area (Å²) in [4.78, 5) is 28.4. The Balaban J connectivity index is 1.80. The number of aromatic nitrogens is 4. The molecule has 1 aliphatic carbocycles. The average Bonchev–Trinajstić information content (AvgIpc) is 3.00. The minimum Gasteiger partial charge on any atom is -0.368 e. The maximum atomic E-state index is 12.8. The summed E-state index contributed by atoms with van der Waals surface area (Å²) in [6, 6.07) is 0. The van der Waals surface area contributed by atoms with Crippen LogP contribution in [0.25, 0.3) is 11.2 Å². The molecule has 3 N–H and O–H groups in total. The SMILES string of the molecule is CC(C)C(C(C)C)P(=O)(O)OOC1(Cn2cnc3c(Cl)nc(N)nc32)CC1C. The van der Waals surface area contributed by atoms with E-state index in [-0.39, 0.29) is 28.9 Å². The first-order valence-electron chi connectivity index (χ1n) is 9.30. The molecule has 0 aromatic carbocycles. The number of rotatable bonds is 8. The molecule has 1 aliphatic rings. The van der Waals surface area contributed by atoms with Gasteiger partial charge in [0.05, 0.1) is 18.5 Å². The molecular weight excluding hydrogens is 405 g/mol. The quantitative estimate of drug-likeness (QED) is 0.281. The topological polar surface area (TPSA) is 125 Å². The van der Waals surface area contributed by atoms with Gasteiger partial charge >= 0.3 is 7.60 Å². The molecule has 2 heterocycles. The van der Waals surface area contributed by atoms with E-state index in [9.17, 15) is 9.46 Å². The predicted molar refractivity (Wildman–Crippen MR) is 107 cm³/mol. The predicted octanol–water partition coefficient (Wildman–Crippen LogP) is 3.65. The van der Waals surface area contributed by atoms with Gasteiger partial charge in [-0.2, -0.15) is 9.97 Å². The van der Waals surface area contributed by atoms with Crippen molar-refractivity contribution in [1.82, 2.24) is 19.5 Å². The van der Waals surface area contributed by atoms with Crippen LogP contribution < -0.4 is 5.73 Å². The minimum absolute atomic E-state index is 0.0218. The highest BCUT2D eigenvalue weighted by molar-refractivity contribution is 7.53. The molecule has 28 heavy (non-hydrogen) atoms. The lowest BCUT2D eigenvalue weighted by Crippen LogP contribution is -2.28. The zero-order valence-corrected chi connectivity index (χ0v) is 18.3. The van der Waals surface area contributed by atoms with Gasteiger partial charge in [-0.25, -0.2) is 9.87 Å². The summed E-state index contributed by atoms with van der Waals surface area (Å²) in [6.07, 6.45) is 2.25. The molecule has 2 aromatic rings. The first-order chi connectivity index (χ1) is 13.0. The Morgan fingerprint density at radius 3 is 2.54 bits per heavy atom. The summed E-state index contributed by atoms with van der Waals surface area (Å²) in [5.41, 5.74) is 5.36. The number of nitrogens with zero attached hydrogens (tertiary/aromatic N) is 4. The van der Waals surface area contributed by atoms with E-state index in [0.717, 1.165) is 0 Å². The highest BCUT2D eigenvalue weighted by atomic mass is 35.5. The van der Waals surface area contributed by atoms with Crippen molar-refractivity contribution in [3.05, 3.63) is 11.5 Å². The van der Waals surface area contributed by atoms with Crippen molar-refractivity contribution in [2.24, 2.45) is 17.8 Å². The fourth-order valence-electron chi connectivity index (χ4n) is 3.85. The second-order valence-corrected chi connectivity index (χ2v) is 10.5. The number of hydrogen-bond acceptors (Lipinski definition) is 7. The normalized spacial score (nSPS) is 24.4. The Bertz CT molecular complexity index is 912. The van der Waals surface area contributed by atoms with E-state index < -0.39 is 18.9 Å². The van der Waals surface area contributed by atoms with Crippen LogP contribution in [0, 0.1) is 17.8 Å². The van der Waals surface area contributed by atoms with Crippen molar-refractivity contribution in [2.75, 3.05) is 5.73 Å². The summed E-state index contributed by atoms with van der Waals surface area (Å²) in [5, 5.41) is 0.174. The molecule has 0 bridgehead atoms. The Labute approximate surface area is 169 Å². The summed E-state index contributed by atoms with van der Waals surface area (Å²) in [5.74, 6) is 0.139. The van der Waals surface area contributed by atoms with Gasteiger partial charge in [0.15, 0.2) is 10.8 Å². The van der Waals surface area contributed by atoms with Gasteiger partial charge in [0, 0.05) is 0 Å². The third-order valence-corrected chi connectivity index (χ3v) is 7.82. The largest absolute Gasteiger partial charge is 0.368 e. The van der Waals surface area contributed by atoms with E-state index in [2.05, 4.69) is 15.0 Å². The zero-order chi connectivity index (χ0) is 20.9. The molecule has 11 heteroatoms. The molecule has 1 fully saturated rings. The number of nitrogen functional groups attached to an aromatic ring is 1. The molecule has 1 saturated carbocycles. The molecule has 3 rings (SSSR count). The van der Waals surface area contributed by atoms with Crippen molar-refractivity contribution >= 4 is 36.3 Å². The van der Waals surface area contributed by atoms with Crippen LogP contribution in [0.4, 0.5) is 5.95 Å². The smallest absolute Gasteiger partial charge is 0.359 e. The number of nitrogens with two attached hydrogens (primary N) is 1. The minimum atomic E-state index is -3.97. The van der Waals surface area contributed by atoms with Crippen LogP contribution >= 0.6 is 19.2 Å². The lowest BCUT2D eigenvalue weighted by atomic mass is 10.00. The van der Waals surface area contributed by atoms with Gasteiger partial charge in [-0.05, 0) is 24.2 Å². The molecule has 3 unspecified atom stereocenters. The van der Waals surface area contributed by atoms with Gasteiger partial charge in [-0.3, -0.25) is 4.57 Å². The third-order valence-electron chi connectivity index (χ3n) is 5.32. The fraction of sp³-hybridized carbons (Fsp3) is 0.706. The van der Waals surface area contributed by atoms with Crippen LogP contribution in [0.3, 0.4) is 0 Å². The molecule has 0 saturated heterocycles. The lowest BCUT2D eigenvalue weighted by molar-refractivity contribution is -0.271. The van der Waals surface area contributed by atoms with E-state index in [1.165, 1.54) is 0 Å². The van der Waals surface area contributed by atoms with Crippen LogP contribution in [0.2, 0.25) is 5.15 Å². The number of anilines is 1. The Morgan fingerprint density at radius 1 is 1.39 bits per heavy atom. The first kappa shape index (κ1) is 21.5. The van der Waals surface area contributed by atoms with Crippen LogP contribution in [0.1, 0.15) is 41.0 Å². The summed E-state index contributed by atoms with van der Waals surface area (Å²) in [6.45, 7) is 9.93. The van der Waals surface area contributed by atoms with Gasteiger partial charge in [-0.15, -0.1) is 4.67 Å². The van der Waals surface area contributed by atoms with Crippen molar-refractivity contribution in [2.45, 2.75) is 58.8 Å². The van der Waals surface area contributed by atoms with Gasteiger partial charge in [0.25, 0.3) is 0 Å². The van der Waals surface area contributed by atoms with Crippen LogP contribution in [0.15, 0.2) is 6.33 Å². The number of imidazole rings is 1. The summed E-state index contributed by atoms with van der Waals surface area (Å²) < 4.78 is 19.8. The molecule has 2 aromatic heterocycles. The first-order valence-corrected chi connectivity index (χ1v) is 11.3. The van der Waals surface area contributed by atoms with Crippen molar-refractivity contribution in [3.8, 4) is 0 Å². The van der Waals surface area contributed by atoms with E-state index in [4.69, 9.17) is 26.9 Å². The Hall–Kier alpha value is -1.25. The molecule has 0 aliphatic heterocycles. The third kappa shape index (κ3) is 4.04. The van der Waals surface area contributed by atoms with Crippen molar-refractivity contribution in [1.29, 1.82) is 0 Å². The maximum Gasteiger partial charge on any atom is 0.359 e. The van der Waals surface area contributed by atoms with Crippen LogP contribution in [0.5, 0.6) is 0 Å². The van der Waals surface area contributed by atoms with Gasteiger partial charge in [-0.1, -0.05) is 46.2 Å². The molecular formula is C17H27ClN5O4P. The molecule has 9 nitrogen and oxygen atoms in total. The maximum absolute atomic E-state index is 12.8. The Morgan fingerprint density at radius 2 is 2.00 bits per heavy atom. The second-order valence-electron chi connectivity index (χ2n) is 8.29.